The molecule has 3 rings (SSSR count). The van der Waals surface area contributed by atoms with E-state index in [0.717, 1.165) is 22.8 Å². The van der Waals surface area contributed by atoms with Crippen LogP contribution in [-0.4, -0.2) is 10.9 Å². The fraction of sp³-hybridized carbons (Fsp3) is 0.0625. The Bertz CT molecular complexity index is 792. The minimum Gasteiger partial charge on any atom is -0.343 e. The van der Waals surface area contributed by atoms with Gasteiger partial charge in [0, 0.05) is 29.2 Å². The number of aldehydes is 1. The van der Waals surface area contributed by atoms with Gasteiger partial charge in [0.05, 0.1) is 10.0 Å². The van der Waals surface area contributed by atoms with Crippen molar-refractivity contribution in [3.05, 3.63) is 69.8 Å². The maximum absolute atomic E-state index is 10.8. The first kappa shape index (κ1) is 13.2. The first-order chi connectivity index (χ1) is 9.67. The second kappa shape index (κ2) is 5.31. The van der Waals surface area contributed by atoms with Crippen molar-refractivity contribution < 1.29 is 4.79 Å². The number of hydrogen-bond acceptors (Lipinski definition) is 1. The molecule has 0 fully saturated rings. The van der Waals surface area contributed by atoms with Crippen LogP contribution in [0.15, 0.2) is 48.7 Å². The SMILES string of the molecule is O=Cc1ccc2c(ccn2Cc2ccc(Cl)c(Cl)c2)c1. The Morgan fingerprint density at radius 1 is 1.00 bits per heavy atom. The highest BCUT2D eigenvalue weighted by Gasteiger charge is 2.04. The summed E-state index contributed by atoms with van der Waals surface area (Å²) in [6.45, 7) is 0.709. The fourth-order valence-corrected chi connectivity index (χ4v) is 2.59. The highest BCUT2D eigenvalue weighted by molar-refractivity contribution is 6.42. The van der Waals surface area contributed by atoms with E-state index in [-0.39, 0.29) is 0 Å². The van der Waals surface area contributed by atoms with E-state index >= 15 is 0 Å². The van der Waals surface area contributed by atoms with E-state index < -0.39 is 0 Å². The number of hydrogen-bond donors (Lipinski definition) is 0. The zero-order valence-electron chi connectivity index (χ0n) is 10.5. The molecule has 0 radical (unpaired) electrons. The molecule has 3 aromatic rings. The van der Waals surface area contributed by atoms with Gasteiger partial charge >= 0.3 is 0 Å². The molecule has 0 aliphatic heterocycles. The standard InChI is InChI=1S/C16H11Cl2NO/c17-14-3-1-11(8-15(14)18)9-19-6-5-13-7-12(10-20)2-4-16(13)19/h1-8,10H,9H2. The minimum absolute atomic E-state index is 0.559. The van der Waals surface area contributed by atoms with Gasteiger partial charge < -0.3 is 4.57 Å². The predicted molar refractivity (Wildman–Crippen MR) is 82.9 cm³/mol. The van der Waals surface area contributed by atoms with Crippen molar-refractivity contribution in [2.24, 2.45) is 0 Å². The van der Waals surface area contributed by atoms with Crippen LogP contribution in [0.2, 0.25) is 10.0 Å². The molecule has 2 aromatic carbocycles. The zero-order valence-corrected chi connectivity index (χ0v) is 12.0. The summed E-state index contributed by atoms with van der Waals surface area (Å²) >= 11 is 12.0. The van der Waals surface area contributed by atoms with Gasteiger partial charge in [-0.2, -0.15) is 0 Å². The second-order valence-electron chi connectivity index (χ2n) is 4.63. The fourth-order valence-electron chi connectivity index (χ4n) is 2.26. The van der Waals surface area contributed by atoms with Gasteiger partial charge in [-0.3, -0.25) is 4.79 Å². The molecule has 4 heteroatoms. The van der Waals surface area contributed by atoms with Gasteiger partial charge in [0.15, 0.2) is 0 Å². The van der Waals surface area contributed by atoms with Crippen molar-refractivity contribution in [2.75, 3.05) is 0 Å². The third-order valence-electron chi connectivity index (χ3n) is 3.27. The average molecular weight is 304 g/mol. The van der Waals surface area contributed by atoms with Crippen LogP contribution >= 0.6 is 23.2 Å². The third-order valence-corrected chi connectivity index (χ3v) is 4.01. The molecule has 0 N–H and O–H groups in total. The topological polar surface area (TPSA) is 22.0 Å². The maximum atomic E-state index is 10.8. The Morgan fingerprint density at radius 3 is 2.60 bits per heavy atom. The Morgan fingerprint density at radius 2 is 1.85 bits per heavy atom. The van der Waals surface area contributed by atoms with Crippen LogP contribution < -0.4 is 0 Å². The summed E-state index contributed by atoms with van der Waals surface area (Å²) in [5, 5.41) is 2.17. The number of carbonyl (C=O) groups excluding carboxylic acids is 1. The molecule has 1 aromatic heterocycles. The summed E-state index contributed by atoms with van der Waals surface area (Å²) in [5.74, 6) is 0. The summed E-state index contributed by atoms with van der Waals surface area (Å²) in [6, 6.07) is 13.3. The molecule has 0 spiro atoms. The van der Waals surface area contributed by atoms with Crippen molar-refractivity contribution >= 4 is 40.4 Å². The van der Waals surface area contributed by atoms with Crippen LogP contribution in [0.1, 0.15) is 15.9 Å². The van der Waals surface area contributed by atoms with Gasteiger partial charge in [0.25, 0.3) is 0 Å². The number of benzene rings is 2. The summed E-state index contributed by atoms with van der Waals surface area (Å²) in [5.41, 5.74) is 2.85. The molecule has 0 bridgehead atoms. The largest absolute Gasteiger partial charge is 0.343 e. The molecular formula is C16H11Cl2NO. The number of carbonyl (C=O) groups is 1. The first-order valence-corrected chi connectivity index (χ1v) is 6.91. The van der Waals surface area contributed by atoms with Gasteiger partial charge in [-0.15, -0.1) is 0 Å². The van der Waals surface area contributed by atoms with E-state index in [1.807, 2.05) is 42.6 Å². The molecule has 20 heavy (non-hydrogen) atoms. The second-order valence-corrected chi connectivity index (χ2v) is 5.44. The van der Waals surface area contributed by atoms with Crippen molar-refractivity contribution in [2.45, 2.75) is 6.54 Å². The lowest BCUT2D eigenvalue weighted by atomic mass is 10.2. The molecule has 0 saturated carbocycles. The Kier molecular flexibility index (Phi) is 3.51. The Labute approximate surface area is 126 Å². The Hall–Kier alpha value is -1.77. The van der Waals surface area contributed by atoms with E-state index in [1.54, 1.807) is 6.07 Å². The van der Waals surface area contributed by atoms with E-state index in [0.29, 0.717) is 22.2 Å². The quantitative estimate of drug-likeness (QED) is 0.636. The van der Waals surface area contributed by atoms with Crippen LogP contribution in [0.25, 0.3) is 10.9 Å². The maximum Gasteiger partial charge on any atom is 0.150 e. The molecule has 0 saturated heterocycles. The first-order valence-electron chi connectivity index (χ1n) is 6.15. The summed E-state index contributed by atoms with van der Waals surface area (Å²) in [6.07, 6.45) is 2.86. The minimum atomic E-state index is 0.559. The zero-order chi connectivity index (χ0) is 14.1. The number of aromatic nitrogens is 1. The molecule has 0 aliphatic rings. The van der Waals surface area contributed by atoms with Gasteiger partial charge in [-0.1, -0.05) is 29.3 Å². The van der Waals surface area contributed by atoms with E-state index in [1.165, 1.54) is 0 Å². The highest BCUT2D eigenvalue weighted by atomic mass is 35.5. The third kappa shape index (κ3) is 2.45. The molecule has 0 amide bonds. The smallest absolute Gasteiger partial charge is 0.150 e. The van der Waals surface area contributed by atoms with Gasteiger partial charge in [0.1, 0.15) is 6.29 Å². The van der Waals surface area contributed by atoms with Crippen molar-refractivity contribution in [3.8, 4) is 0 Å². The summed E-state index contributed by atoms with van der Waals surface area (Å²) in [4.78, 5) is 10.8. The van der Waals surface area contributed by atoms with Gasteiger partial charge in [-0.05, 0) is 42.0 Å². The average Bonchev–Trinajstić information content (AvgIpc) is 2.85. The molecule has 0 unspecified atom stereocenters. The normalized spacial score (nSPS) is 10.9. The summed E-state index contributed by atoms with van der Waals surface area (Å²) in [7, 11) is 0. The van der Waals surface area contributed by atoms with E-state index in [4.69, 9.17) is 23.2 Å². The van der Waals surface area contributed by atoms with Crippen molar-refractivity contribution in [3.63, 3.8) is 0 Å². The van der Waals surface area contributed by atoms with Crippen LogP contribution in [0.4, 0.5) is 0 Å². The number of rotatable bonds is 3. The highest BCUT2D eigenvalue weighted by Crippen LogP contribution is 2.24. The molecule has 2 nitrogen and oxygen atoms in total. The molecule has 0 atom stereocenters. The molecule has 0 aliphatic carbocycles. The van der Waals surface area contributed by atoms with Crippen LogP contribution in [0.5, 0.6) is 0 Å². The lowest BCUT2D eigenvalue weighted by Gasteiger charge is -2.07. The molecule has 100 valence electrons. The number of fused-ring (bicyclic) bond motifs is 1. The van der Waals surface area contributed by atoms with Crippen LogP contribution in [0.3, 0.4) is 0 Å². The van der Waals surface area contributed by atoms with E-state index in [2.05, 4.69) is 4.57 Å². The molecular weight excluding hydrogens is 293 g/mol. The lowest BCUT2D eigenvalue weighted by Crippen LogP contribution is -1.97. The van der Waals surface area contributed by atoms with Crippen molar-refractivity contribution in [1.29, 1.82) is 0 Å². The van der Waals surface area contributed by atoms with Gasteiger partial charge in [-0.25, -0.2) is 0 Å². The predicted octanol–water partition coefficient (Wildman–Crippen LogP) is 4.81. The van der Waals surface area contributed by atoms with Gasteiger partial charge in [0.2, 0.25) is 0 Å². The lowest BCUT2D eigenvalue weighted by molar-refractivity contribution is 0.112. The van der Waals surface area contributed by atoms with Crippen LogP contribution in [0, 0.1) is 0 Å². The summed E-state index contributed by atoms with van der Waals surface area (Å²) < 4.78 is 2.11. The van der Waals surface area contributed by atoms with Crippen LogP contribution in [-0.2, 0) is 6.54 Å². The van der Waals surface area contributed by atoms with E-state index in [9.17, 15) is 4.79 Å². The number of halogens is 2. The molecule has 1 heterocycles. The Balaban J connectivity index is 1.98. The van der Waals surface area contributed by atoms with Crippen molar-refractivity contribution in [1.82, 2.24) is 4.57 Å². The number of nitrogens with zero attached hydrogens (tertiary/aromatic N) is 1. The monoisotopic (exact) mass is 303 g/mol.